The first-order chi connectivity index (χ1) is 5.65. The molecule has 1 aromatic heterocycles. The monoisotopic (exact) mass is 169 g/mol. The zero-order valence-corrected chi connectivity index (χ0v) is 7.45. The van der Waals surface area contributed by atoms with E-state index in [4.69, 9.17) is 10.2 Å². The average molecular weight is 169 g/mol. The van der Waals surface area contributed by atoms with Crippen molar-refractivity contribution < 1.29 is 9.52 Å². The number of rotatable bonds is 3. The van der Waals surface area contributed by atoms with Crippen LogP contribution in [0.25, 0.3) is 0 Å². The third-order valence-corrected chi connectivity index (χ3v) is 2.00. The van der Waals surface area contributed by atoms with Crippen molar-refractivity contribution in [3.8, 4) is 0 Å². The predicted octanol–water partition coefficient (Wildman–Crippen LogP) is 1.22. The molecule has 2 unspecified atom stereocenters. The Bertz CT molecular complexity index is 244. The molecule has 0 fully saturated rings. The number of furan rings is 1. The lowest BCUT2D eigenvalue weighted by Gasteiger charge is -2.14. The molecular formula is C9H15NO2. The second kappa shape index (κ2) is 3.74. The second-order valence-corrected chi connectivity index (χ2v) is 3.15. The van der Waals surface area contributed by atoms with Gasteiger partial charge in [-0.2, -0.15) is 0 Å². The maximum Gasteiger partial charge on any atom is 0.101 e. The maximum atomic E-state index is 9.66. The van der Waals surface area contributed by atoms with Gasteiger partial charge in [-0.3, -0.25) is 0 Å². The van der Waals surface area contributed by atoms with Gasteiger partial charge in [0.2, 0.25) is 0 Å². The first-order valence-corrected chi connectivity index (χ1v) is 4.08. The summed E-state index contributed by atoms with van der Waals surface area (Å²) in [4.78, 5) is 0. The highest BCUT2D eigenvalue weighted by Crippen LogP contribution is 2.22. The normalized spacial score (nSPS) is 16.0. The van der Waals surface area contributed by atoms with E-state index >= 15 is 0 Å². The topological polar surface area (TPSA) is 59.4 Å². The van der Waals surface area contributed by atoms with E-state index in [9.17, 15) is 5.11 Å². The van der Waals surface area contributed by atoms with Gasteiger partial charge in [0.15, 0.2) is 0 Å². The van der Waals surface area contributed by atoms with Gasteiger partial charge >= 0.3 is 0 Å². The summed E-state index contributed by atoms with van der Waals surface area (Å²) in [5, 5.41) is 9.66. The van der Waals surface area contributed by atoms with E-state index < -0.39 is 6.10 Å². The molecule has 0 aliphatic rings. The summed E-state index contributed by atoms with van der Waals surface area (Å²) in [6.45, 7) is 4.24. The summed E-state index contributed by atoms with van der Waals surface area (Å²) in [5.74, 6) is 0.885. The number of aliphatic hydroxyl groups is 1. The van der Waals surface area contributed by atoms with Crippen molar-refractivity contribution >= 4 is 0 Å². The highest BCUT2D eigenvalue weighted by molar-refractivity contribution is 5.15. The van der Waals surface area contributed by atoms with Crippen LogP contribution in [-0.4, -0.2) is 11.7 Å². The van der Waals surface area contributed by atoms with Gasteiger partial charge in [0.25, 0.3) is 0 Å². The van der Waals surface area contributed by atoms with Crippen molar-refractivity contribution in [1.82, 2.24) is 0 Å². The Morgan fingerprint density at radius 3 is 2.75 bits per heavy atom. The third kappa shape index (κ3) is 1.87. The Hall–Kier alpha value is -0.800. The summed E-state index contributed by atoms with van der Waals surface area (Å²) in [6.07, 6.45) is 1.07. The van der Waals surface area contributed by atoms with Gasteiger partial charge in [-0.05, 0) is 25.5 Å². The Morgan fingerprint density at radius 2 is 2.33 bits per heavy atom. The van der Waals surface area contributed by atoms with Crippen LogP contribution in [0.15, 0.2) is 16.7 Å². The molecule has 3 nitrogen and oxygen atoms in total. The molecule has 68 valence electrons. The first kappa shape index (κ1) is 9.29. The molecule has 1 rings (SSSR count). The summed E-state index contributed by atoms with van der Waals surface area (Å²) in [7, 11) is 0. The van der Waals surface area contributed by atoms with Crippen molar-refractivity contribution in [1.29, 1.82) is 0 Å². The van der Waals surface area contributed by atoms with Crippen LogP contribution in [0.4, 0.5) is 0 Å². The highest BCUT2D eigenvalue weighted by Gasteiger charge is 2.16. The van der Waals surface area contributed by atoms with Gasteiger partial charge in [0, 0.05) is 5.56 Å². The summed E-state index contributed by atoms with van der Waals surface area (Å²) in [5.41, 5.74) is 6.24. The van der Waals surface area contributed by atoms with Crippen LogP contribution in [-0.2, 0) is 0 Å². The second-order valence-electron chi connectivity index (χ2n) is 3.15. The maximum absolute atomic E-state index is 9.66. The third-order valence-electron chi connectivity index (χ3n) is 2.00. The van der Waals surface area contributed by atoms with E-state index in [-0.39, 0.29) is 5.92 Å². The van der Waals surface area contributed by atoms with Gasteiger partial charge in [-0.1, -0.05) is 6.92 Å². The molecule has 0 aromatic carbocycles. The summed E-state index contributed by atoms with van der Waals surface area (Å²) < 4.78 is 5.08. The van der Waals surface area contributed by atoms with Crippen molar-refractivity contribution in [2.75, 3.05) is 6.54 Å². The standard InChI is InChI=1S/C9H15NO2/c1-6(4-10)9(11)8-3-7(2)12-5-8/h3,5-6,9,11H,4,10H2,1-2H3. The van der Waals surface area contributed by atoms with Crippen LogP contribution in [0, 0.1) is 12.8 Å². The lowest BCUT2D eigenvalue weighted by atomic mass is 10.00. The number of hydrogen-bond acceptors (Lipinski definition) is 3. The summed E-state index contributed by atoms with van der Waals surface area (Å²) >= 11 is 0. The van der Waals surface area contributed by atoms with Crippen molar-refractivity contribution in [3.63, 3.8) is 0 Å². The Balaban J connectivity index is 2.70. The fraction of sp³-hybridized carbons (Fsp3) is 0.556. The van der Waals surface area contributed by atoms with Crippen LogP contribution < -0.4 is 5.73 Å². The molecule has 2 atom stereocenters. The van der Waals surface area contributed by atoms with Gasteiger partial charge in [-0.25, -0.2) is 0 Å². The van der Waals surface area contributed by atoms with E-state index in [1.54, 1.807) is 6.26 Å². The fourth-order valence-corrected chi connectivity index (χ4v) is 1.08. The van der Waals surface area contributed by atoms with Crippen LogP contribution >= 0.6 is 0 Å². The zero-order valence-electron chi connectivity index (χ0n) is 7.45. The number of aliphatic hydroxyl groups excluding tert-OH is 1. The molecule has 0 amide bonds. The first-order valence-electron chi connectivity index (χ1n) is 4.08. The Labute approximate surface area is 72.2 Å². The largest absolute Gasteiger partial charge is 0.469 e. The van der Waals surface area contributed by atoms with E-state index in [1.807, 2.05) is 19.9 Å². The average Bonchev–Trinajstić information content (AvgIpc) is 2.49. The van der Waals surface area contributed by atoms with Gasteiger partial charge in [0.05, 0.1) is 12.4 Å². The molecule has 0 spiro atoms. The number of hydrogen-bond donors (Lipinski definition) is 2. The molecule has 0 bridgehead atoms. The minimum absolute atomic E-state index is 0.0713. The Morgan fingerprint density at radius 1 is 1.67 bits per heavy atom. The predicted molar refractivity (Wildman–Crippen MR) is 46.6 cm³/mol. The molecule has 1 heterocycles. The number of nitrogens with two attached hydrogens (primary N) is 1. The van der Waals surface area contributed by atoms with Crippen molar-refractivity contribution in [3.05, 3.63) is 23.7 Å². The molecule has 3 heteroatoms. The van der Waals surface area contributed by atoms with Gasteiger partial charge in [0.1, 0.15) is 5.76 Å². The smallest absolute Gasteiger partial charge is 0.101 e. The molecule has 3 N–H and O–H groups in total. The number of aryl methyl sites for hydroxylation is 1. The molecule has 1 aromatic rings. The zero-order chi connectivity index (χ0) is 9.14. The lowest BCUT2D eigenvalue weighted by Crippen LogP contribution is -2.18. The van der Waals surface area contributed by atoms with Crippen LogP contribution in [0.2, 0.25) is 0 Å². The molecule has 0 saturated carbocycles. The fourth-order valence-electron chi connectivity index (χ4n) is 1.08. The minimum Gasteiger partial charge on any atom is -0.469 e. The highest BCUT2D eigenvalue weighted by atomic mass is 16.3. The van der Waals surface area contributed by atoms with Gasteiger partial charge < -0.3 is 15.3 Å². The molecular weight excluding hydrogens is 154 g/mol. The van der Waals surface area contributed by atoms with E-state index in [0.717, 1.165) is 11.3 Å². The Kier molecular flexibility index (Phi) is 2.89. The SMILES string of the molecule is Cc1cc(C(O)C(C)CN)co1. The quantitative estimate of drug-likeness (QED) is 0.715. The van der Waals surface area contributed by atoms with Crippen LogP contribution in [0.3, 0.4) is 0 Å². The van der Waals surface area contributed by atoms with E-state index in [1.165, 1.54) is 0 Å². The summed E-state index contributed by atoms with van der Waals surface area (Å²) in [6, 6.07) is 1.83. The molecule has 0 saturated heterocycles. The molecule has 0 radical (unpaired) electrons. The minimum atomic E-state index is -0.507. The van der Waals surface area contributed by atoms with E-state index in [0.29, 0.717) is 6.54 Å². The van der Waals surface area contributed by atoms with Crippen LogP contribution in [0.5, 0.6) is 0 Å². The van der Waals surface area contributed by atoms with Crippen molar-refractivity contribution in [2.24, 2.45) is 11.7 Å². The molecule has 0 aliphatic carbocycles. The van der Waals surface area contributed by atoms with Crippen LogP contribution in [0.1, 0.15) is 24.4 Å². The van der Waals surface area contributed by atoms with Crippen molar-refractivity contribution in [2.45, 2.75) is 20.0 Å². The lowest BCUT2D eigenvalue weighted by molar-refractivity contribution is 0.121. The van der Waals surface area contributed by atoms with E-state index in [2.05, 4.69) is 0 Å². The van der Waals surface area contributed by atoms with Gasteiger partial charge in [-0.15, -0.1) is 0 Å². The molecule has 0 aliphatic heterocycles. The molecule has 12 heavy (non-hydrogen) atoms.